The fourth-order valence-electron chi connectivity index (χ4n) is 6.46. The highest BCUT2D eigenvalue weighted by atomic mass is 16.5. The third-order valence-electron chi connectivity index (χ3n) is 9.07. The lowest BCUT2D eigenvalue weighted by molar-refractivity contribution is -0.151. The van der Waals surface area contributed by atoms with Crippen LogP contribution in [0.25, 0.3) is 22.2 Å². The second-order valence-electron chi connectivity index (χ2n) is 14.2. The summed E-state index contributed by atoms with van der Waals surface area (Å²) in [6.45, 7) is 12.2. The van der Waals surface area contributed by atoms with Gasteiger partial charge in [0.05, 0.1) is 31.3 Å². The van der Waals surface area contributed by atoms with Gasteiger partial charge in [0, 0.05) is 11.5 Å². The summed E-state index contributed by atoms with van der Waals surface area (Å²) in [7, 11) is 1.61. The number of aromatic nitrogens is 1. The topological polar surface area (TPSA) is 87.9 Å². The number of rotatable bonds is 17. The number of pyridine rings is 1. The van der Waals surface area contributed by atoms with Crippen LogP contribution in [0.4, 0.5) is 0 Å². The Morgan fingerprint density at radius 1 is 0.886 bits per heavy atom. The quantitative estimate of drug-likeness (QED) is 0.112. The summed E-state index contributed by atoms with van der Waals surface area (Å²) < 4.78 is 22.2. The Hall–Kier alpha value is -3.35. The Bertz CT molecular complexity index is 1440. The number of ether oxygens (including phenoxy) is 3. The van der Waals surface area contributed by atoms with Gasteiger partial charge in [0.25, 0.3) is 0 Å². The first-order valence-electron chi connectivity index (χ1n) is 16.3. The van der Waals surface area contributed by atoms with Crippen molar-refractivity contribution >= 4 is 17.1 Å². The lowest BCUT2D eigenvalue weighted by atomic mass is 9.79. The zero-order valence-corrected chi connectivity index (χ0v) is 27.6. The molecule has 2 unspecified atom stereocenters. The predicted octanol–water partition coefficient (Wildman–Crippen LogP) is 9.15. The van der Waals surface area contributed by atoms with E-state index in [2.05, 4.69) is 39.6 Å². The largest absolute Gasteiger partial charge is 0.497 e. The summed E-state index contributed by atoms with van der Waals surface area (Å²) in [5, 5.41) is 0.746. The van der Waals surface area contributed by atoms with Crippen LogP contribution in [0.1, 0.15) is 105 Å². The predicted molar refractivity (Wildman–Crippen MR) is 175 cm³/mol. The second-order valence-corrected chi connectivity index (χ2v) is 14.2. The van der Waals surface area contributed by atoms with E-state index in [1.165, 1.54) is 32.1 Å². The number of carbonyl (C=O) groups excluding carboxylic acids is 1. The number of unbranched alkanes of at least 4 members (excludes halogenated alkanes) is 8. The van der Waals surface area contributed by atoms with E-state index in [0.29, 0.717) is 24.7 Å². The van der Waals surface area contributed by atoms with Crippen LogP contribution in [0, 0.1) is 16.2 Å². The molecule has 1 aliphatic carbocycles. The molecule has 2 heterocycles. The van der Waals surface area contributed by atoms with E-state index in [1.807, 2.05) is 36.4 Å². The third-order valence-corrected chi connectivity index (χ3v) is 9.07. The number of esters is 1. The number of hydrogen-bond donors (Lipinski definition) is 0. The number of hydrogen-bond acceptors (Lipinski definition) is 7. The van der Waals surface area contributed by atoms with Gasteiger partial charge in [-0.3, -0.25) is 4.79 Å². The van der Waals surface area contributed by atoms with E-state index in [1.54, 1.807) is 13.2 Å². The molecule has 0 N–H and O–H groups in total. The van der Waals surface area contributed by atoms with Gasteiger partial charge in [-0.25, -0.2) is 4.79 Å². The lowest BCUT2D eigenvalue weighted by Gasteiger charge is -2.26. The smallest absolute Gasteiger partial charge is 0.345 e. The van der Waals surface area contributed by atoms with E-state index >= 15 is 0 Å². The second kappa shape index (κ2) is 14.6. The molecular formula is C37H51NO6. The maximum atomic E-state index is 12.7. The number of carbonyl (C=O) groups is 1. The molecule has 0 bridgehead atoms. The number of nitrogens with zero attached hydrogens (tertiary/aromatic N) is 1. The van der Waals surface area contributed by atoms with Crippen molar-refractivity contribution in [3.63, 3.8) is 0 Å². The normalized spacial score (nSPS) is 19.6. The van der Waals surface area contributed by atoms with Crippen LogP contribution in [0.5, 0.6) is 11.6 Å². The van der Waals surface area contributed by atoms with Gasteiger partial charge in [0.15, 0.2) is 0 Å². The summed E-state index contributed by atoms with van der Waals surface area (Å²) in [6.07, 6.45) is 12.2. The van der Waals surface area contributed by atoms with Gasteiger partial charge < -0.3 is 18.6 Å². The van der Waals surface area contributed by atoms with Crippen molar-refractivity contribution in [2.75, 3.05) is 20.3 Å². The SMILES string of the molecule is COc1ccc(-c2cc3ccc(OCCCCCCCCCCCOC(=O)C4(C)CC4(C)CC(C)(C)C)nc3oc2=O)cc1. The Balaban J connectivity index is 1.03. The molecule has 0 saturated heterocycles. The highest BCUT2D eigenvalue weighted by molar-refractivity contribution is 5.81. The van der Waals surface area contributed by atoms with E-state index in [9.17, 15) is 9.59 Å². The van der Waals surface area contributed by atoms with E-state index in [4.69, 9.17) is 18.6 Å². The standard InChI is InChI=1S/C37H51NO6/c1-35(2,3)25-36(4)26-37(36,5)34(40)43-23-15-13-11-9-7-8-10-12-14-22-42-31-21-18-28-24-30(33(39)44-32(28)38-31)27-16-19-29(41-6)20-17-27/h16-21,24H,7-15,22-23,25-26H2,1-6H3. The van der Waals surface area contributed by atoms with Gasteiger partial charge in [-0.1, -0.05) is 84.8 Å². The molecule has 3 aromatic rings. The number of fused-ring (bicyclic) bond motifs is 1. The van der Waals surface area contributed by atoms with Crippen LogP contribution in [0.3, 0.4) is 0 Å². The lowest BCUT2D eigenvalue weighted by Crippen LogP contribution is -2.25. The Labute approximate surface area is 262 Å². The molecule has 1 aliphatic rings. The fraction of sp³-hybridized carbons (Fsp3) is 0.595. The van der Waals surface area contributed by atoms with Gasteiger partial charge in [-0.15, -0.1) is 0 Å². The highest BCUT2D eigenvalue weighted by Crippen LogP contribution is 2.68. The Morgan fingerprint density at radius 3 is 2.11 bits per heavy atom. The zero-order chi connectivity index (χ0) is 31.8. The van der Waals surface area contributed by atoms with Crippen LogP contribution in [0.15, 0.2) is 51.7 Å². The molecule has 0 radical (unpaired) electrons. The van der Waals surface area contributed by atoms with Crippen LogP contribution in [0.2, 0.25) is 0 Å². The van der Waals surface area contributed by atoms with Crippen molar-refractivity contribution in [2.45, 2.75) is 105 Å². The molecule has 44 heavy (non-hydrogen) atoms. The molecule has 1 fully saturated rings. The molecule has 2 aromatic heterocycles. The molecule has 0 aliphatic heterocycles. The van der Waals surface area contributed by atoms with Gasteiger partial charge >= 0.3 is 11.6 Å². The summed E-state index contributed by atoms with van der Waals surface area (Å²) in [6, 6.07) is 12.8. The fourth-order valence-corrected chi connectivity index (χ4v) is 6.46. The molecule has 2 atom stereocenters. The highest BCUT2D eigenvalue weighted by Gasteiger charge is 2.67. The summed E-state index contributed by atoms with van der Waals surface area (Å²) in [5.41, 5.74) is 1.09. The number of methoxy groups -OCH3 is 1. The van der Waals surface area contributed by atoms with E-state index in [0.717, 1.165) is 55.2 Å². The van der Waals surface area contributed by atoms with Crippen molar-refractivity contribution in [1.82, 2.24) is 4.98 Å². The molecule has 4 rings (SSSR count). The molecule has 1 saturated carbocycles. The van der Waals surface area contributed by atoms with Crippen LogP contribution >= 0.6 is 0 Å². The third kappa shape index (κ3) is 8.86. The average molecular weight is 606 g/mol. The first kappa shape index (κ1) is 33.5. The van der Waals surface area contributed by atoms with Gasteiger partial charge in [0.1, 0.15) is 5.75 Å². The van der Waals surface area contributed by atoms with E-state index < -0.39 is 5.63 Å². The minimum atomic E-state index is -0.432. The average Bonchev–Trinajstić information content (AvgIpc) is 3.53. The summed E-state index contributed by atoms with van der Waals surface area (Å²) in [4.78, 5) is 29.7. The van der Waals surface area contributed by atoms with Crippen molar-refractivity contribution in [3.8, 4) is 22.8 Å². The van der Waals surface area contributed by atoms with Gasteiger partial charge in [-0.2, -0.15) is 4.98 Å². The van der Waals surface area contributed by atoms with Crippen molar-refractivity contribution in [2.24, 2.45) is 16.2 Å². The minimum Gasteiger partial charge on any atom is -0.497 e. The molecular weight excluding hydrogens is 554 g/mol. The van der Waals surface area contributed by atoms with Gasteiger partial charge in [0.2, 0.25) is 11.6 Å². The van der Waals surface area contributed by atoms with Crippen molar-refractivity contribution < 1.29 is 23.4 Å². The molecule has 7 heteroatoms. The van der Waals surface area contributed by atoms with Crippen molar-refractivity contribution in [3.05, 3.63) is 52.9 Å². The monoisotopic (exact) mass is 605 g/mol. The Kier molecular flexibility index (Phi) is 11.1. The maximum Gasteiger partial charge on any atom is 0.345 e. The van der Waals surface area contributed by atoms with Crippen LogP contribution in [-0.2, 0) is 9.53 Å². The van der Waals surface area contributed by atoms with Gasteiger partial charge in [-0.05, 0) is 73.3 Å². The maximum absolute atomic E-state index is 12.7. The number of benzene rings is 1. The first-order chi connectivity index (χ1) is 20.9. The van der Waals surface area contributed by atoms with Crippen LogP contribution in [-0.4, -0.2) is 31.3 Å². The molecule has 240 valence electrons. The molecule has 1 aromatic carbocycles. The Morgan fingerprint density at radius 2 is 1.50 bits per heavy atom. The van der Waals surface area contributed by atoms with E-state index in [-0.39, 0.29) is 27.9 Å². The minimum absolute atomic E-state index is 0.00410. The molecule has 0 amide bonds. The van der Waals surface area contributed by atoms with Crippen molar-refractivity contribution in [1.29, 1.82) is 0 Å². The molecule has 7 nitrogen and oxygen atoms in total. The summed E-state index contributed by atoms with van der Waals surface area (Å²) in [5.74, 6) is 1.19. The first-order valence-corrected chi connectivity index (χ1v) is 16.3. The molecule has 0 spiro atoms. The van der Waals surface area contributed by atoms with Crippen LogP contribution < -0.4 is 15.1 Å². The zero-order valence-electron chi connectivity index (χ0n) is 27.6. The summed E-state index contributed by atoms with van der Waals surface area (Å²) >= 11 is 0.